The van der Waals surface area contributed by atoms with Crippen LogP contribution in [-0.4, -0.2) is 34.2 Å². The maximum atomic E-state index is 12.9. The van der Waals surface area contributed by atoms with Crippen LogP contribution in [-0.2, 0) is 4.79 Å². The number of amides is 1. The van der Waals surface area contributed by atoms with Crippen LogP contribution in [0.2, 0.25) is 0 Å². The Hall–Kier alpha value is -2.70. The smallest absolute Gasteiger partial charge is 0.226 e. The molecule has 4 aliphatic rings. The number of pyridine rings is 1. The molecule has 0 aliphatic heterocycles. The lowest BCUT2D eigenvalue weighted by Gasteiger charge is -2.55. The lowest BCUT2D eigenvalue weighted by atomic mass is 9.49. The van der Waals surface area contributed by atoms with E-state index in [1.807, 2.05) is 24.3 Å². The summed E-state index contributed by atoms with van der Waals surface area (Å²) in [7, 11) is 0. The molecule has 4 bridgehead atoms. The summed E-state index contributed by atoms with van der Waals surface area (Å²) in [5, 5.41) is 18.0. The fourth-order valence-electron chi connectivity index (χ4n) is 6.02. The molecule has 0 unspecified atom stereocenters. The number of hydrogen-bond acceptors (Lipinski definition) is 6. The molecule has 0 aromatic carbocycles. The summed E-state index contributed by atoms with van der Waals surface area (Å²) in [5.41, 5.74) is 0.844. The van der Waals surface area contributed by atoms with Crippen molar-refractivity contribution >= 4 is 23.2 Å². The highest BCUT2D eigenvalue weighted by Crippen LogP contribution is 2.60. The third-order valence-corrected chi connectivity index (χ3v) is 6.85. The van der Waals surface area contributed by atoms with Gasteiger partial charge in [0.25, 0.3) is 0 Å². The molecule has 6 rings (SSSR count). The molecule has 152 valence electrons. The molecule has 0 spiro atoms. The number of nitrogens with one attached hydrogen (secondary N) is 3. The molecule has 0 radical (unpaired) electrons. The Morgan fingerprint density at radius 3 is 2.14 bits per heavy atom. The van der Waals surface area contributed by atoms with Gasteiger partial charge >= 0.3 is 0 Å². The molecule has 4 saturated carbocycles. The maximum absolute atomic E-state index is 12.9. The van der Waals surface area contributed by atoms with Crippen LogP contribution in [0.3, 0.4) is 0 Å². The monoisotopic (exact) mass is 392 g/mol. The second-order valence-corrected chi connectivity index (χ2v) is 9.05. The third-order valence-electron chi connectivity index (χ3n) is 6.85. The summed E-state index contributed by atoms with van der Waals surface area (Å²) < 4.78 is 0. The second-order valence-electron chi connectivity index (χ2n) is 9.05. The molecule has 4 fully saturated rings. The van der Waals surface area contributed by atoms with E-state index in [2.05, 4.69) is 31.1 Å². The zero-order valence-electron chi connectivity index (χ0n) is 16.6. The SMILES string of the molecule is O=C(NCCNc1ccc(Nc2ccncc2)nn1)C12CC3CC(CC(C3)C1)C2. The van der Waals surface area contributed by atoms with E-state index in [0.717, 1.165) is 42.7 Å². The van der Waals surface area contributed by atoms with Gasteiger partial charge in [-0.05, 0) is 80.5 Å². The Labute approximate surface area is 171 Å². The predicted molar refractivity (Wildman–Crippen MR) is 112 cm³/mol. The summed E-state index contributed by atoms with van der Waals surface area (Å²) in [6.45, 7) is 1.25. The highest BCUT2D eigenvalue weighted by Gasteiger charge is 2.54. The van der Waals surface area contributed by atoms with Gasteiger partial charge in [-0.25, -0.2) is 0 Å². The summed E-state index contributed by atoms with van der Waals surface area (Å²) in [6.07, 6.45) is 10.9. The van der Waals surface area contributed by atoms with Crippen molar-refractivity contribution in [2.75, 3.05) is 23.7 Å². The van der Waals surface area contributed by atoms with Gasteiger partial charge in [0.2, 0.25) is 5.91 Å². The molecule has 0 saturated heterocycles. The van der Waals surface area contributed by atoms with Crippen molar-refractivity contribution in [3.63, 3.8) is 0 Å². The van der Waals surface area contributed by atoms with Crippen LogP contribution >= 0.6 is 0 Å². The highest BCUT2D eigenvalue weighted by molar-refractivity contribution is 5.83. The lowest BCUT2D eigenvalue weighted by molar-refractivity contribution is -0.146. The van der Waals surface area contributed by atoms with Crippen molar-refractivity contribution < 1.29 is 4.79 Å². The van der Waals surface area contributed by atoms with Gasteiger partial charge in [-0.2, -0.15) is 0 Å². The molecule has 29 heavy (non-hydrogen) atoms. The molecular weight excluding hydrogens is 364 g/mol. The Balaban J connectivity index is 1.08. The average molecular weight is 393 g/mol. The van der Waals surface area contributed by atoms with E-state index in [1.165, 1.54) is 19.3 Å². The zero-order chi connectivity index (χ0) is 19.7. The Kier molecular flexibility index (Phi) is 4.81. The summed E-state index contributed by atoms with van der Waals surface area (Å²) >= 11 is 0. The van der Waals surface area contributed by atoms with Gasteiger partial charge in [0.15, 0.2) is 5.82 Å². The summed E-state index contributed by atoms with van der Waals surface area (Å²) in [4.78, 5) is 16.9. The van der Waals surface area contributed by atoms with Crippen LogP contribution in [0.15, 0.2) is 36.7 Å². The first kappa shape index (κ1) is 18.3. The molecule has 7 heteroatoms. The van der Waals surface area contributed by atoms with E-state index in [-0.39, 0.29) is 11.3 Å². The number of anilines is 3. The first-order valence-corrected chi connectivity index (χ1v) is 10.7. The highest BCUT2D eigenvalue weighted by atomic mass is 16.2. The van der Waals surface area contributed by atoms with Crippen molar-refractivity contribution in [1.29, 1.82) is 0 Å². The van der Waals surface area contributed by atoms with Gasteiger partial charge in [0.05, 0.1) is 0 Å². The number of hydrogen-bond donors (Lipinski definition) is 3. The number of carbonyl (C=O) groups excluding carboxylic acids is 1. The van der Waals surface area contributed by atoms with Crippen molar-refractivity contribution in [1.82, 2.24) is 20.5 Å². The molecule has 3 N–H and O–H groups in total. The van der Waals surface area contributed by atoms with Crippen molar-refractivity contribution in [3.8, 4) is 0 Å². The molecule has 0 atom stereocenters. The van der Waals surface area contributed by atoms with Crippen LogP contribution in [0.5, 0.6) is 0 Å². The summed E-state index contributed by atoms with van der Waals surface area (Å²) in [6, 6.07) is 7.52. The lowest BCUT2D eigenvalue weighted by Crippen LogP contribution is -2.54. The average Bonchev–Trinajstić information content (AvgIpc) is 2.72. The molecule has 7 nitrogen and oxygen atoms in total. The minimum atomic E-state index is -0.0746. The zero-order valence-corrected chi connectivity index (χ0v) is 16.6. The quantitative estimate of drug-likeness (QED) is 0.626. The Bertz CT molecular complexity index is 818. The largest absolute Gasteiger partial charge is 0.367 e. The van der Waals surface area contributed by atoms with Gasteiger partial charge in [0.1, 0.15) is 5.82 Å². The van der Waals surface area contributed by atoms with Gasteiger partial charge < -0.3 is 16.0 Å². The second kappa shape index (κ2) is 7.61. The van der Waals surface area contributed by atoms with Crippen molar-refractivity contribution in [2.45, 2.75) is 38.5 Å². The molecule has 2 heterocycles. The first-order valence-electron chi connectivity index (χ1n) is 10.7. The minimum Gasteiger partial charge on any atom is -0.367 e. The van der Waals surface area contributed by atoms with Crippen LogP contribution in [0.1, 0.15) is 38.5 Å². The van der Waals surface area contributed by atoms with E-state index in [4.69, 9.17) is 0 Å². The van der Waals surface area contributed by atoms with E-state index in [0.29, 0.717) is 24.7 Å². The number of aromatic nitrogens is 3. The van der Waals surface area contributed by atoms with Crippen molar-refractivity contribution in [2.24, 2.45) is 23.2 Å². The summed E-state index contributed by atoms with van der Waals surface area (Å²) in [5.74, 6) is 4.03. The molecule has 4 aliphatic carbocycles. The van der Waals surface area contributed by atoms with Gasteiger partial charge in [-0.3, -0.25) is 9.78 Å². The van der Waals surface area contributed by atoms with Crippen LogP contribution in [0, 0.1) is 23.2 Å². The molecule has 1 amide bonds. The van der Waals surface area contributed by atoms with Crippen molar-refractivity contribution in [3.05, 3.63) is 36.7 Å². The molecule has 2 aromatic heterocycles. The minimum absolute atomic E-state index is 0.0746. The number of nitrogens with zero attached hydrogens (tertiary/aromatic N) is 3. The standard InChI is InChI=1S/C22H28N6O/c29-21(22-12-15-9-16(13-22)11-17(10-15)14-22)25-8-7-24-19-1-2-20(28-27-19)26-18-3-5-23-6-4-18/h1-6,15-17H,7-14H2,(H,24,27)(H,25,29)(H,23,26,28). The fraction of sp³-hybridized carbons (Fsp3) is 0.545. The van der Waals surface area contributed by atoms with Crippen LogP contribution in [0.4, 0.5) is 17.3 Å². The van der Waals surface area contributed by atoms with E-state index >= 15 is 0 Å². The normalized spacial score (nSPS) is 29.4. The Morgan fingerprint density at radius 2 is 1.52 bits per heavy atom. The first-order chi connectivity index (χ1) is 14.2. The maximum Gasteiger partial charge on any atom is 0.226 e. The Morgan fingerprint density at radius 1 is 0.897 bits per heavy atom. The van der Waals surface area contributed by atoms with E-state index < -0.39 is 0 Å². The van der Waals surface area contributed by atoms with Gasteiger partial charge in [0, 0.05) is 36.6 Å². The third kappa shape index (κ3) is 3.91. The van der Waals surface area contributed by atoms with Crippen LogP contribution in [0.25, 0.3) is 0 Å². The topological polar surface area (TPSA) is 91.8 Å². The molecular formula is C22H28N6O. The van der Waals surface area contributed by atoms with E-state index in [1.54, 1.807) is 12.4 Å². The fourth-order valence-corrected chi connectivity index (χ4v) is 6.02. The van der Waals surface area contributed by atoms with Gasteiger partial charge in [-0.15, -0.1) is 10.2 Å². The number of carbonyl (C=O) groups is 1. The van der Waals surface area contributed by atoms with Crippen LogP contribution < -0.4 is 16.0 Å². The number of rotatable bonds is 7. The predicted octanol–water partition coefficient (Wildman–Crippen LogP) is 3.36. The van der Waals surface area contributed by atoms with E-state index in [9.17, 15) is 4.79 Å². The molecule has 2 aromatic rings. The van der Waals surface area contributed by atoms with Gasteiger partial charge in [-0.1, -0.05) is 0 Å².